The average Bonchev–Trinajstić information content (AvgIpc) is 2.79. The van der Waals surface area contributed by atoms with Crippen LogP contribution in [0, 0.1) is 20.8 Å². The average molecular weight is 558 g/mol. The first-order chi connectivity index (χ1) is 16.5. The number of nitrogens with zero attached hydrogens (tertiary/aromatic N) is 3. The SMILES string of the molecule is Cc1ccc(S(=O)(=O)N(CC(=O)N/N=C\c2ccc(N(C)C)c(Br)c2)c2cccc(C)c2C)cc1. The number of hydrogen-bond acceptors (Lipinski definition) is 5. The maximum absolute atomic E-state index is 13.6. The van der Waals surface area contributed by atoms with Gasteiger partial charge >= 0.3 is 0 Å². The smallest absolute Gasteiger partial charge is 0.264 e. The van der Waals surface area contributed by atoms with Gasteiger partial charge in [-0.05, 0) is 83.7 Å². The van der Waals surface area contributed by atoms with E-state index in [9.17, 15) is 13.2 Å². The molecule has 9 heteroatoms. The summed E-state index contributed by atoms with van der Waals surface area (Å²) < 4.78 is 29.1. The molecule has 184 valence electrons. The van der Waals surface area contributed by atoms with Crippen molar-refractivity contribution in [3.63, 3.8) is 0 Å². The van der Waals surface area contributed by atoms with Crippen LogP contribution in [0.15, 0.2) is 75.1 Å². The Morgan fingerprint density at radius 1 is 1.00 bits per heavy atom. The molecule has 1 amide bonds. The largest absolute Gasteiger partial charge is 0.377 e. The van der Waals surface area contributed by atoms with Crippen molar-refractivity contribution in [2.24, 2.45) is 5.10 Å². The molecule has 0 atom stereocenters. The highest BCUT2D eigenvalue weighted by Crippen LogP contribution is 2.29. The molecule has 0 aliphatic rings. The van der Waals surface area contributed by atoms with Crippen molar-refractivity contribution < 1.29 is 13.2 Å². The van der Waals surface area contributed by atoms with E-state index in [2.05, 4.69) is 26.5 Å². The first-order valence-electron chi connectivity index (χ1n) is 10.9. The Kier molecular flexibility index (Phi) is 8.34. The van der Waals surface area contributed by atoms with E-state index in [1.807, 2.05) is 64.0 Å². The van der Waals surface area contributed by atoms with Crippen molar-refractivity contribution in [3.8, 4) is 0 Å². The second-order valence-electron chi connectivity index (χ2n) is 8.44. The minimum atomic E-state index is -3.99. The number of aryl methyl sites for hydroxylation is 2. The van der Waals surface area contributed by atoms with Gasteiger partial charge in [-0.25, -0.2) is 13.8 Å². The van der Waals surface area contributed by atoms with Gasteiger partial charge in [0.2, 0.25) is 0 Å². The van der Waals surface area contributed by atoms with E-state index in [-0.39, 0.29) is 4.90 Å². The van der Waals surface area contributed by atoms with Crippen LogP contribution in [0.5, 0.6) is 0 Å². The van der Waals surface area contributed by atoms with Gasteiger partial charge in [-0.1, -0.05) is 35.9 Å². The molecule has 0 saturated carbocycles. The summed E-state index contributed by atoms with van der Waals surface area (Å²) in [6.45, 7) is 5.21. The molecule has 0 aliphatic heterocycles. The lowest BCUT2D eigenvalue weighted by Gasteiger charge is -2.26. The lowest BCUT2D eigenvalue weighted by molar-refractivity contribution is -0.119. The molecule has 0 spiro atoms. The summed E-state index contributed by atoms with van der Waals surface area (Å²) >= 11 is 3.52. The van der Waals surface area contributed by atoms with Crippen LogP contribution in [0.3, 0.4) is 0 Å². The van der Waals surface area contributed by atoms with Crippen molar-refractivity contribution in [2.45, 2.75) is 25.7 Å². The second-order valence-corrected chi connectivity index (χ2v) is 11.2. The van der Waals surface area contributed by atoms with Crippen LogP contribution < -0.4 is 14.6 Å². The number of nitrogens with one attached hydrogen (secondary N) is 1. The third kappa shape index (κ3) is 6.29. The predicted octanol–water partition coefficient (Wildman–Crippen LogP) is 4.79. The van der Waals surface area contributed by atoms with E-state index in [0.717, 1.165) is 36.7 Å². The van der Waals surface area contributed by atoms with Gasteiger partial charge in [-0.2, -0.15) is 5.10 Å². The summed E-state index contributed by atoms with van der Waals surface area (Å²) in [4.78, 5) is 14.9. The van der Waals surface area contributed by atoms with Crippen molar-refractivity contribution in [3.05, 3.63) is 87.4 Å². The number of sulfonamides is 1. The Balaban J connectivity index is 1.86. The maximum Gasteiger partial charge on any atom is 0.264 e. The number of hydrazone groups is 1. The highest BCUT2D eigenvalue weighted by atomic mass is 79.9. The molecule has 3 aromatic carbocycles. The molecule has 7 nitrogen and oxygen atoms in total. The van der Waals surface area contributed by atoms with Crippen LogP contribution in [0.1, 0.15) is 22.3 Å². The fourth-order valence-corrected chi connectivity index (χ4v) is 5.68. The van der Waals surface area contributed by atoms with Gasteiger partial charge < -0.3 is 4.90 Å². The lowest BCUT2D eigenvalue weighted by Crippen LogP contribution is -2.40. The number of anilines is 2. The van der Waals surface area contributed by atoms with Crippen LogP contribution >= 0.6 is 15.9 Å². The molecule has 1 N–H and O–H groups in total. The molecule has 3 aromatic rings. The zero-order valence-electron chi connectivity index (χ0n) is 20.4. The number of carbonyl (C=O) groups excluding carboxylic acids is 1. The van der Waals surface area contributed by atoms with E-state index < -0.39 is 22.5 Å². The molecule has 3 rings (SSSR count). The minimum absolute atomic E-state index is 0.117. The van der Waals surface area contributed by atoms with Gasteiger partial charge in [0.15, 0.2) is 0 Å². The summed E-state index contributed by atoms with van der Waals surface area (Å²) in [5, 5.41) is 4.03. The quantitative estimate of drug-likeness (QED) is 0.319. The summed E-state index contributed by atoms with van der Waals surface area (Å²) in [5.41, 5.74) is 7.35. The standard InChI is InChI=1S/C26H29BrN4O3S/c1-18-9-12-22(13-10-18)35(33,34)31(24-8-6-7-19(2)20(24)3)17-26(32)29-28-16-21-11-14-25(30(4)5)23(27)15-21/h6-16H,17H2,1-5H3,(H,29,32)/b28-16-. The Labute approximate surface area is 215 Å². The highest BCUT2D eigenvalue weighted by Gasteiger charge is 2.28. The number of benzene rings is 3. The fraction of sp³-hybridized carbons (Fsp3) is 0.231. The van der Waals surface area contributed by atoms with Crippen molar-refractivity contribution in [1.29, 1.82) is 0 Å². The van der Waals surface area contributed by atoms with E-state index in [0.29, 0.717) is 5.69 Å². The number of halogens is 1. The summed E-state index contributed by atoms with van der Waals surface area (Å²) in [7, 11) is -0.101. The Morgan fingerprint density at radius 2 is 1.69 bits per heavy atom. The first-order valence-corrected chi connectivity index (χ1v) is 13.2. The van der Waals surface area contributed by atoms with Gasteiger partial charge in [0.25, 0.3) is 15.9 Å². The zero-order valence-corrected chi connectivity index (χ0v) is 22.8. The number of rotatable bonds is 8. The fourth-order valence-electron chi connectivity index (χ4n) is 3.45. The Bertz CT molecular complexity index is 1350. The van der Waals surface area contributed by atoms with Crippen LogP contribution in [0.4, 0.5) is 11.4 Å². The first kappa shape index (κ1) is 26.4. The molecule has 0 aliphatic carbocycles. The van der Waals surface area contributed by atoms with Crippen LogP contribution in [0.2, 0.25) is 0 Å². The van der Waals surface area contributed by atoms with Crippen LogP contribution in [-0.2, 0) is 14.8 Å². The minimum Gasteiger partial charge on any atom is -0.377 e. The molecule has 0 saturated heterocycles. The summed E-state index contributed by atoms with van der Waals surface area (Å²) in [6.07, 6.45) is 1.51. The van der Waals surface area contributed by atoms with E-state index in [1.54, 1.807) is 36.4 Å². The second kappa shape index (κ2) is 11.0. The summed E-state index contributed by atoms with van der Waals surface area (Å²) in [5.74, 6) is -0.554. The predicted molar refractivity (Wildman–Crippen MR) is 146 cm³/mol. The van der Waals surface area contributed by atoms with Crippen molar-refractivity contribution in [2.75, 3.05) is 29.8 Å². The third-order valence-corrected chi connectivity index (χ3v) is 8.01. The highest BCUT2D eigenvalue weighted by molar-refractivity contribution is 9.10. The Morgan fingerprint density at radius 3 is 2.31 bits per heavy atom. The molecule has 35 heavy (non-hydrogen) atoms. The van der Waals surface area contributed by atoms with Gasteiger partial charge in [-0.15, -0.1) is 0 Å². The summed E-state index contributed by atoms with van der Waals surface area (Å²) in [6, 6.07) is 17.6. The molecule has 0 fully saturated rings. The number of hydrogen-bond donors (Lipinski definition) is 1. The van der Waals surface area contributed by atoms with E-state index in [4.69, 9.17) is 0 Å². The van der Waals surface area contributed by atoms with Crippen LogP contribution in [-0.4, -0.2) is 41.2 Å². The van der Waals surface area contributed by atoms with Gasteiger partial charge in [0.1, 0.15) is 6.54 Å². The normalized spacial score (nSPS) is 11.5. The van der Waals surface area contributed by atoms with Gasteiger partial charge in [0.05, 0.1) is 22.5 Å². The van der Waals surface area contributed by atoms with Crippen molar-refractivity contribution >= 4 is 49.4 Å². The maximum atomic E-state index is 13.6. The van der Waals surface area contributed by atoms with Crippen molar-refractivity contribution in [1.82, 2.24) is 5.43 Å². The van der Waals surface area contributed by atoms with E-state index in [1.165, 1.54) is 6.21 Å². The number of carbonyl (C=O) groups is 1. The third-order valence-electron chi connectivity index (χ3n) is 5.60. The number of amides is 1. The van der Waals surface area contributed by atoms with Crippen LogP contribution in [0.25, 0.3) is 0 Å². The van der Waals surface area contributed by atoms with Gasteiger partial charge in [-0.3, -0.25) is 9.10 Å². The molecular formula is C26H29BrN4O3S. The zero-order chi connectivity index (χ0) is 25.8. The Hall–Kier alpha value is -3.17. The lowest BCUT2D eigenvalue weighted by atomic mass is 10.1. The molecule has 0 heterocycles. The molecule has 0 radical (unpaired) electrons. The topological polar surface area (TPSA) is 82.1 Å². The van der Waals surface area contributed by atoms with Gasteiger partial charge in [0, 0.05) is 18.6 Å². The molecule has 0 aromatic heterocycles. The molecule has 0 bridgehead atoms. The monoisotopic (exact) mass is 556 g/mol. The van der Waals surface area contributed by atoms with E-state index >= 15 is 0 Å². The molecular weight excluding hydrogens is 528 g/mol. The molecule has 0 unspecified atom stereocenters.